The smallest absolute Gasteiger partial charge is 0.261 e. The minimum absolute atomic E-state index is 0.134. The van der Waals surface area contributed by atoms with E-state index < -0.39 is 0 Å². The molecule has 1 aromatic heterocycles. The summed E-state index contributed by atoms with van der Waals surface area (Å²) in [5, 5.41) is 3.57. The number of nitrogens with one attached hydrogen (secondary N) is 1. The van der Waals surface area contributed by atoms with Gasteiger partial charge in [-0.2, -0.15) is 0 Å². The fourth-order valence-corrected chi connectivity index (χ4v) is 3.57. The molecule has 2 aromatic carbocycles. The number of aromatic nitrogens is 2. The van der Waals surface area contributed by atoms with Crippen molar-refractivity contribution in [2.24, 2.45) is 0 Å². The van der Waals surface area contributed by atoms with Crippen molar-refractivity contribution in [3.63, 3.8) is 0 Å². The number of rotatable bonds is 11. The summed E-state index contributed by atoms with van der Waals surface area (Å²) in [6.45, 7) is 9.45. The van der Waals surface area contributed by atoms with Crippen molar-refractivity contribution in [2.45, 2.75) is 59.5 Å². The number of fused-ring (bicyclic) bond motifs is 1. The Bertz CT molecular complexity index is 1160. The van der Waals surface area contributed by atoms with E-state index in [1.807, 2.05) is 44.2 Å². The number of para-hydroxylation sites is 1. The number of carbonyl (C=O) groups is 1. The molecule has 1 N–H and O–H groups in total. The largest absolute Gasteiger partial charge is 0.490 e. The molecule has 0 spiro atoms. The molecule has 33 heavy (non-hydrogen) atoms. The molecular formula is C26H33N3O4. The lowest BCUT2D eigenvalue weighted by Crippen LogP contribution is -2.29. The van der Waals surface area contributed by atoms with Gasteiger partial charge in [0.2, 0.25) is 5.91 Å². The first-order valence-corrected chi connectivity index (χ1v) is 11.6. The van der Waals surface area contributed by atoms with E-state index in [0.29, 0.717) is 35.6 Å². The molecular weight excluding hydrogens is 418 g/mol. The number of benzene rings is 2. The average Bonchev–Trinajstić information content (AvgIpc) is 2.81. The van der Waals surface area contributed by atoms with Gasteiger partial charge in [0.25, 0.3) is 5.56 Å². The van der Waals surface area contributed by atoms with Crippen LogP contribution >= 0.6 is 0 Å². The molecule has 0 saturated carbocycles. The van der Waals surface area contributed by atoms with E-state index in [9.17, 15) is 9.59 Å². The van der Waals surface area contributed by atoms with Crippen LogP contribution in [-0.2, 0) is 11.3 Å². The molecule has 3 rings (SSSR count). The third-order valence-electron chi connectivity index (χ3n) is 5.40. The third-order valence-corrected chi connectivity index (χ3v) is 5.40. The minimum atomic E-state index is -0.212. The lowest BCUT2D eigenvalue weighted by atomic mass is 10.1. The number of hydrogen-bond donors (Lipinski definition) is 1. The monoisotopic (exact) mass is 451 g/mol. The number of amides is 1. The van der Waals surface area contributed by atoms with Crippen molar-refractivity contribution in [1.82, 2.24) is 14.9 Å². The predicted molar refractivity (Wildman–Crippen MR) is 130 cm³/mol. The van der Waals surface area contributed by atoms with Crippen LogP contribution in [0.3, 0.4) is 0 Å². The Kier molecular flexibility index (Phi) is 8.46. The molecule has 3 aromatic rings. The van der Waals surface area contributed by atoms with Gasteiger partial charge in [0, 0.05) is 13.0 Å². The molecule has 0 radical (unpaired) electrons. The molecule has 0 aliphatic carbocycles. The number of nitrogens with zero attached hydrogens (tertiary/aromatic N) is 2. The SMILES string of the molecule is CCCOc1ccc(C(C)NC(=O)CCn2cnc3c(C)cccc3c2=O)cc1OCCC. The van der Waals surface area contributed by atoms with Crippen LogP contribution < -0.4 is 20.3 Å². The zero-order valence-corrected chi connectivity index (χ0v) is 19.9. The summed E-state index contributed by atoms with van der Waals surface area (Å²) in [5.41, 5.74) is 2.45. The molecule has 0 aliphatic heterocycles. The summed E-state index contributed by atoms with van der Waals surface area (Å²) >= 11 is 0. The second-order valence-electron chi connectivity index (χ2n) is 8.16. The second kappa shape index (κ2) is 11.5. The lowest BCUT2D eigenvalue weighted by Gasteiger charge is -2.18. The van der Waals surface area contributed by atoms with Gasteiger partial charge >= 0.3 is 0 Å². The van der Waals surface area contributed by atoms with E-state index >= 15 is 0 Å². The molecule has 1 amide bonds. The van der Waals surface area contributed by atoms with Crippen molar-refractivity contribution in [3.05, 3.63) is 64.2 Å². The number of ether oxygens (including phenoxy) is 2. The molecule has 0 aliphatic rings. The highest BCUT2D eigenvalue weighted by atomic mass is 16.5. The Labute approximate surface area is 194 Å². The molecule has 0 bridgehead atoms. The maximum atomic E-state index is 12.7. The summed E-state index contributed by atoms with van der Waals surface area (Å²) in [4.78, 5) is 29.7. The maximum Gasteiger partial charge on any atom is 0.261 e. The van der Waals surface area contributed by atoms with E-state index in [1.165, 1.54) is 10.9 Å². The molecule has 1 heterocycles. The van der Waals surface area contributed by atoms with Gasteiger partial charge in [-0.25, -0.2) is 4.98 Å². The van der Waals surface area contributed by atoms with Crippen LogP contribution in [-0.4, -0.2) is 28.7 Å². The van der Waals surface area contributed by atoms with Gasteiger partial charge in [-0.3, -0.25) is 14.2 Å². The first-order valence-electron chi connectivity index (χ1n) is 11.6. The van der Waals surface area contributed by atoms with Crippen LogP contribution in [0.2, 0.25) is 0 Å². The van der Waals surface area contributed by atoms with Gasteiger partial charge in [-0.05, 0) is 56.0 Å². The zero-order valence-electron chi connectivity index (χ0n) is 19.9. The van der Waals surface area contributed by atoms with E-state index in [2.05, 4.69) is 24.1 Å². The van der Waals surface area contributed by atoms with E-state index in [4.69, 9.17) is 9.47 Å². The van der Waals surface area contributed by atoms with Crippen LogP contribution in [0.25, 0.3) is 10.9 Å². The first-order chi connectivity index (χ1) is 15.9. The highest BCUT2D eigenvalue weighted by Gasteiger charge is 2.14. The molecule has 176 valence electrons. The molecule has 0 saturated heterocycles. The van der Waals surface area contributed by atoms with Crippen LogP contribution in [0.1, 0.15) is 57.2 Å². The summed E-state index contributed by atoms with van der Waals surface area (Å²) in [7, 11) is 0. The zero-order chi connectivity index (χ0) is 23.8. The first kappa shape index (κ1) is 24.3. The van der Waals surface area contributed by atoms with Crippen LogP contribution in [0.15, 0.2) is 47.5 Å². The Hall–Kier alpha value is -3.35. The van der Waals surface area contributed by atoms with Crippen LogP contribution in [0.4, 0.5) is 0 Å². The standard InChI is InChI=1S/C26H33N3O4/c1-5-14-32-22-11-10-20(16-23(22)33-15-6-2)19(4)28-24(30)12-13-29-17-27-25-18(3)8-7-9-21(25)26(29)31/h7-11,16-17,19H,5-6,12-15H2,1-4H3,(H,28,30). The summed E-state index contributed by atoms with van der Waals surface area (Å²) < 4.78 is 13.1. The third kappa shape index (κ3) is 6.12. The summed E-state index contributed by atoms with van der Waals surface area (Å²) in [6, 6.07) is 11.1. The normalized spacial score (nSPS) is 11.9. The van der Waals surface area contributed by atoms with Crippen molar-refractivity contribution < 1.29 is 14.3 Å². The van der Waals surface area contributed by atoms with Crippen molar-refractivity contribution in [2.75, 3.05) is 13.2 Å². The second-order valence-corrected chi connectivity index (χ2v) is 8.16. The van der Waals surface area contributed by atoms with Gasteiger partial charge in [0.05, 0.1) is 36.5 Å². The Morgan fingerprint density at radius 2 is 1.82 bits per heavy atom. The molecule has 7 heteroatoms. The van der Waals surface area contributed by atoms with Crippen LogP contribution in [0.5, 0.6) is 11.5 Å². The van der Waals surface area contributed by atoms with Gasteiger partial charge in [0.1, 0.15) is 0 Å². The van der Waals surface area contributed by atoms with Crippen molar-refractivity contribution in [1.29, 1.82) is 0 Å². The average molecular weight is 452 g/mol. The Balaban J connectivity index is 1.65. The number of carbonyl (C=O) groups excluding carboxylic acids is 1. The van der Waals surface area contributed by atoms with Gasteiger partial charge in [0.15, 0.2) is 11.5 Å². The summed E-state index contributed by atoms with van der Waals surface area (Å²) in [5.74, 6) is 1.26. The minimum Gasteiger partial charge on any atom is -0.490 e. The quantitative estimate of drug-likeness (QED) is 0.462. The van der Waals surface area contributed by atoms with Crippen molar-refractivity contribution >= 4 is 16.8 Å². The molecule has 7 nitrogen and oxygen atoms in total. The molecule has 1 unspecified atom stereocenters. The topological polar surface area (TPSA) is 82.5 Å². The van der Waals surface area contributed by atoms with Crippen molar-refractivity contribution in [3.8, 4) is 11.5 Å². The molecule has 0 fully saturated rings. The Morgan fingerprint density at radius 3 is 2.55 bits per heavy atom. The maximum absolute atomic E-state index is 12.7. The van der Waals surface area contributed by atoms with E-state index in [-0.39, 0.29) is 30.5 Å². The van der Waals surface area contributed by atoms with Gasteiger partial charge in [-0.15, -0.1) is 0 Å². The fourth-order valence-electron chi connectivity index (χ4n) is 3.57. The van der Waals surface area contributed by atoms with Crippen LogP contribution in [0, 0.1) is 6.92 Å². The highest BCUT2D eigenvalue weighted by Crippen LogP contribution is 2.31. The van der Waals surface area contributed by atoms with E-state index in [0.717, 1.165) is 24.0 Å². The predicted octanol–water partition coefficient (Wildman–Crippen LogP) is 4.55. The fraction of sp³-hybridized carbons (Fsp3) is 0.423. The van der Waals surface area contributed by atoms with E-state index in [1.54, 1.807) is 6.07 Å². The van der Waals surface area contributed by atoms with Gasteiger partial charge < -0.3 is 14.8 Å². The Morgan fingerprint density at radius 1 is 1.09 bits per heavy atom. The number of hydrogen-bond acceptors (Lipinski definition) is 5. The lowest BCUT2D eigenvalue weighted by molar-refractivity contribution is -0.121. The summed E-state index contributed by atoms with van der Waals surface area (Å²) in [6.07, 6.45) is 3.50. The van der Waals surface area contributed by atoms with Gasteiger partial charge in [-0.1, -0.05) is 32.0 Å². The molecule has 1 atom stereocenters. The highest BCUT2D eigenvalue weighted by molar-refractivity contribution is 5.80. The number of aryl methyl sites for hydroxylation is 2.